The molecule has 28 heavy (non-hydrogen) atoms. The van der Waals surface area contributed by atoms with E-state index in [1.807, 2.05) is 13.8 Å². The van der Waals surface area contributed by atoms with Gasteiger partial charge < -0.3 is 14.2 Å². The molecule has 0 unspecified atom stereocenters. The molecule has 152 valence electrons. The van der Waals surface area contributed by atoms with Crippen molar-refractivity contribution in [1.82, 2.24) is 9.47 Å². The van der Waals surface area contributed by atoms with Crippen molar-refractivity contribution in [2.75, 3.05) is 24.9 Å². The van der Waals surface area contributed by atoms with Crippen molar-refractivity contribution in [2.24, 2.45) is 0 Å². The number of likely N-dealkylation sites (N-methyl/N-ethyl adjacent to an activating group) is 1. The monoisotopic (exact) mass is 407 g/mol. The van der Waals surface area contributed by atoms with Gasteiger partial charge in [0.2, 0.25) is 5.91 Å². The Bertz CT molecular complexity index is 993. The number of anilines is 1. The zero-order valence-corrected chi connectivity index (χ0v) is 17.2. The van der Waals surface area contributed by atoms with Crippen LogP contribution in [0.3, 0.4) is 0 Å². The number of aromatic nitrogens is 1. The molecule has 9 heteroatoms. The van der Waals surface area contributed by atoms with E-state index in [2.05, 4.69) is 4.72 Å². The van der Waals surface area contributed by atoms with Gasteiger partial charge in [-0.1, -0.05) is 0 Å². The number of amides is 1. The highest BCUT2D eigenvalue weighted by Crippen LogP contribution is 2.18. The second kappa shape index (κ2) is 8.92. The Morgan fingerprint density at radius 1 is 1.11 bits per heavy atom. The van der Waals surface area contributed by atoms with Gasteiger partial charge in [0.1, 0.15) is 18.0 Å². The zero-order valence-electron chi connectivity index (χ0n) is 16.4. The summed E-state index contributed by atoms with van der Waals surface area (Å²) in [5, 5.41) is 0. The zero-order chi connectivity index (χ0) is 20.9. The molecule has 0 spiro atoms. The summed E-state index contributed by atoms with van der Waals surface area (Å²) in [7, 11) is -2.48. The molecule has 0 saturated carbocycles. The van der Waals surface area contributed by atoms with Crippen molar-refractivity contribution < 1.29 is 17.9 Å². The Morgan fingerprint density at radius 2 is 1.71 bits per heavy atom. The molecule has 1 aromatic carbocycles. The van der Waals surface area contributed by atoms with Crippen LogP contribution in [-0.2, 0) is 21.4 Å². The number of carbonyl (C=O) groups is 1. The molecule has 2 rings (SSSR count). The van der Waals surface area contributed by atoms with E-state index in [9.17, 15) is 18.0 Å². The van der Waals surface area contributed by atoms with E-state index in [0.29, 0.717) is 24.5 Å². The molecule has 1 heterocycles. The van der Waals surface area contributed by atoms with Gasteiger partial charge >= 0.3 is 0 Å². The average Bonchev–Trinajstić information content (AvgIpc) is 2.68. The number of rotatable bonds is 8. The minimum absolute atomic E-state index is 0.000887. The van der Waals surface area contributed by atoms with Crippen molar-refractivity contribution >= 4 is 21.6 Å². The normalized spacial score (nSPS) is 11.1. The lowest BCUT2D eigenvalue weighted by molar-refractivity contribution is -0.131. The molecule has 0 radical (unpaired) electrons. The number of nitrogens with one attached hydrogen (secondary N) is 1. The summed E-state index contributed by atoms with van der Waals surface area (Å²) in [6.07, 6.45) is 0. The van der Waals surface area contributed by atoms with Crippen LogP contribution < -0.4 is 15.0 Å². The molecule has 0 saturated heterocycles. The van der Waals surface area contributed by atoms with E-state index in [-0.39, 0.29) is 23.0 Å². The van der Waals surface area contributed by atoms with E-state index in [4.69, 9.17) is 4.74 Å². The lowest BCUT2D eigenvalue weighted by Crippen LogP contribution is -2.37. The number of hydrogen-bond acceptors (Lipinski definition) is 5. The molecule has 1 aromatic heterocycles. The van der Waals surface area contributed by atoms with Gasteiger partial charge in [0, 0.05) is 18.8 Å². The fourth-order valence-corrected chi connectivity index (χ4v) is 3.77. The third-order valence-corrected chi connectivity index (χ3v) is 5.80. The second-order valence-electron chi connectivity index (χ2n) is 6.13. The molecule has 8 nitrogen and oxygen atoms in total. The summed E-state index contributed by atoms with van der Waals surface area (Å²) < 4.78 is 33.8. The van der Waals surface area contributed by atoms with Gasteiger partial charge in [-0.2, -0.15) is 0 Å². The highest BCUT2D eigenvalue weighted by atomic mass is 32.2. The number of sulfonamides is 1. The lowest BCUT2D eigenvalue weighted by Gasteiger charge is -2.20. The van der Waals surface area contributed by atoms with Crippen molar-refractivity contribution in [1.29, 1.82) is 0 Å². The Balaban J connectivity index is 2.34. The molecule has 1 amide bonds. The molecule has 2 aromatic rings. The summed E-state index contributed by atoms with van der Waals surface area (Å²) in [5.41, 5.74) is -0.121. The second-order valence-corrected chi connectivity index (χ2v) is 7.81. The maximum Gasteiger partial charge on any atom is 0.275 e. The summed E-state index contributed by atoms with van der Waals surface area (Å²) >= 11 is 0. The summed E-state index contributed by atoms with van der Waals surface area (Å²) in [6, 6.07) is 8.81. The average molecular weight is 407 g/mol. The van der Waals surface area contributed by atoms with Gasteiger partial charge in [-0.05, 0) is 57.2 Å². The number of methoxy groups -OCH3 is 1. The number of aryl methyl sites for hydroxylation is 1. The first-order valence-corrected chi connectivity index (χ1v) is 10.4. The van der Waals surface area contributed by atoms with Gasteiger partial charge in [-0.15, -0.1) is 0 Å². The van der Waals surface area contributed by atoms with Crippen LogP contribution in [0.1, 0.15) is 19.5 Å². The molecule has 0 aliphatic heterocycles. The van der Waals surface area contributed by atoms with Crippen LogP contribution in [0.25, 0.3) is 0 Å². The lowest BCUT2D eigenvalue weighted by atomic mass is 10.3. The number of hydrogen-bond donors (Lipinski definition) is 1. The topological polar surface area (TPSA) is 97.7 Å². The Morgan fingerprint density at radius 3 is 2.25 bits per heavy atom. The standard InChI is InChI=1S/C19H25N3O5S/c1-5-21(6-2)18(23)13-22-14(3)7-12-17(19(22)24)20-28(25,26)16-10-8-15(27-4)9-11-16/h7-12,20H,5-6,13H2,1-4H3. The smallest absolute Gasteiger partial charge is 0.275 e. The number of benzene rings is 1. The van der Waals surface area contributed by atoms with E-state index in [1.165, 1.54) is 42.0 Å². The molecule has 0 bridgehead atoms. The predicted molar refractivity (Wildman–Crippen MR) is 107 cm³/mol. The van der Waals surface area contributed by atoms with Gasteiger partial charge in [-0.25, -0.2) is 8.42 Å². The first-order chi connectivity index (χ1) is 13.2. The SMILES string of the molecule is CCN(CC)C(=O)Cn1c(C)ccc(NS(=O)(=O)c2ccc(OC)cc2)c1=O. The number of carbonyl (C=O) groups excluding carboxylic acids is 1. The van der Waals surface area contributed by atoms with Crippen molar-refractivity contribution in [2.45, 2.75) is 32.2 Å². The summed E-state index contributed by atoms with van der Waals surface area (Å²) in [4.78, 5) is 26.8. The third kappa shape index (κ3) is 4.72. The molecule has 0 aliphatic carbocycles. The summed E-state index contributed by atoms with van der Waals surface area (Å²) in [5.74, 6) is 0.317. The van der Waals surface area contributed by atoms with Gasteiger partial charge in [0.15, 0.2) is 0 Å². The number of ether oxygens (including phenoxy) is 1. The van der Waals surface area contributed by atoms with E-state index >= 15 is 0 Å². The number of nitrogens with zero attached hydrogens (tertiary/aromatic N) is 2. The Labute approximate surface area is 164 Å². The van der Waals surface area contributed by atoms with Crippen LogP contribution in [0, 0.1) is 6.92 Å². The van der Waals surface area contributed by atoms with Crippen LogP contribution in [-0.4, -0.2) is 44.0 Å². The van der Waals surface area contributed by atoms with E-state index in [0.717, 1.165) is 0 Å². The molecule has 0 aliphatic rings. The largest absolute Gasteiger partial charge is 0.497 e. The van der Waals surface area contributed by atoms with Gasteiger partial charge in [0.05, 0.1) is 12.0 Å². The highest BCUT2D eigenvalue weighted by molar-refractivity contribution is 7.92. The highest BCUT2D eigenvalue weighted by Gasteiger charge is 2.19. The molecule has 0 fully saturated rings. The van der Waals surface area contributed by atoms with Crippen molar-refractivity contribution in [3.05, 3.63) is 52.4 Å². The van der Waals surface area contributed by atoms with E-state index in [1.54, 1.807) is 17.9 Å². The van der Waals surface area contributed by atoms with Gasteiger partial charge in [-0.3, -0.25) is 14.3 Å². The van der Waals surface area contributed by atoms with Crippen LogP contribution in [0.5, 0.6) is 5.75 Å². The predicted octanol–water partition coefficient (Wildman–Crippen LogP) is 1.83. The van der Waals surface area contributed by atoms with Crippen molar-refractivity contribution in [3.8, 4) is 5.75 Å². The maximum atomic E-state index is 12.8. The third-order valence-electron chi connectivity index (χ3n) is 4.42. The van der Waals surface area contributed by atoms with E-state index < -0.39 is 15.6 Å². The van der Waals surface area contributed by atoms with Crippen LogP contribution in [0.4, 0.5) is 5.69 Å². The minimum atomic E-state index is -3.96. The number of pyridine rings is 1. The van der Waals surface area contributed by atoms with Crippen LogP contribution in [0.2, 0.25) is 0 Å². The minimum Gasteiger partial charge on any atom is -0.497 e. The fourth-order valence-electron chi connectivity index (χ4n) is 2.72. The first kappa shape index (κ1) is 21.5. The van der Waals surface area contributed by atoms with Crippen LogP contribution >= 0.6 is 0 Å². The molecule has 0 atom stereocenters. The van der Waals surface area contributed by atoms with Gasteiger partial charge in [0.25, 0.3) is 15.6 Å². The fraction of sp³-hybridized carbons (Fsp3) is 0.368. The Hall–Kier alpha value is -2.81. The summed E-state index contributed by atoms with van der Waals surface area (Å²) in [6.45, 7) is 6.33. The quantitative estimate of drug-likeness (QED) is 0.720. The Kier molecular flexibility index (Phi) is 6.85. The van der Waals surface area contributed by atoms with Crippen LogP contribution in [0.15, 0.2) is 46.1 Å². The molecule has 1 N–H and O–H groups in total. The van der Waals surface area contributed by atoms with Crippen molar-refractivity contribution in [3.63, 3.8) is 0 Å². The maximum absolute atomic E-state index is 12.8. The molecular weight excluding hydrogens is 382 g/mol. The molecular formula is C19H25N3O5S. The first-order valence-electron chi connectivity index (χ1n) is 8.88.